The molecule has 2 aromatic carbocycles. The maximum Gasteiger partial charge on any atom is 0.269 e. The smallest absolute Gasteiger partial charge is 0.269 e. The van der Waals surface area contributed by atoms with E-state index in [0.717, 1.165) is 4.47 Å². The van der Waals surface area contributed by atoms with Crippen molar-refractivity contribution in [2.45, 2.75) is 6.42 Å². The maximum atomic E-state index is 11.9. The van der Waals surface area contributed by atoms with Crippen molar-refractivity contribution in [1.29, 1.82) is 0 Å². The highest BCUT2D eigenvalue weighted by atomic mass is 79.9. The topological polar surface area (TPSA) is 121 Å². The Morgan fingerprint density at radius 3 is 2.64 bits per heavy atom. The summed E-state index contributed by atoms with van der Waals surface area (Å²) >= 11 is 3.33. The zero-order valence-corrected chi connectivity index (χ0v) is 14.2. The molecule has 0 fully saturated rings. The van der Waals surface area contributed by atoms with Gasteiger partial charge >= 0.3 is 0 Å². The van der Waals surface area contributed by atoms with Gasteiger partial charge in [-0.05, 0) is 23.8 Å². The molecule has 25 heavy (non-hydrogen) atoms. The van der Waals surface area contributed by atoms with Crippen molar-refractivity contribution in [3.63, 3.8) is 0 Å². The van der Waals surface area contributed by atoms with E-state index >= 15 is 0 Å². The van der Waals surface area contributed by atoms with E-state index in [1.54, 1.807) is 18.2 Å². The summed E-state index contributed by atoms with van der Waals surface area (Å²) in [5.74, 6) is -0.711. The van der Waals surface area contributed by atoms with E-state index in [1.807, 2.05) is 0 Å². The van der Waals surface area contributed by atoms with Crippen LogP contribution in [0.25, 0.3) is 10.9 Å². The first-order valence-corrected chi connectivity index (χ1v) is 7.91. The molecule has 0 saturated heterocycles. The summed E-state index contributed by atoms with van der Waals surface area (Å²) in [4.78, 5) is 24.8. The number of halogens is 1. The first-order chi connectivity index (χ1) is 11.9. The van der Waals surface area contributed by atoms with Crippen LogP contribution in [-0.2, 0) is 11.2 Å². The summed E-state index contributed by atoms with van der Waals surface area (Å²) in [5, 5.41) is 28.6. The molecular formula is C16H11BrN4O4. The number of amides is 1. The van der Waals surface area contributed by atoms with Gasteiger partial charge in [0.2, 0.25) is 5.88 Å². The third-order valence-corrected chi connectivity index (χ3v) is 3.97. The number of carbonyl (C=O) groups excluding carboxylic acids is 1. The number of nitro benzene ring substituents is 1. The highest BCUT2D eigenvalue weighted by molar-refractivity contribution is 9.10. The normalized spacial score (nSPS) is 11.2. The van der Waals surface area contributed by atoms with Crippen LogP contribution in [0.15, 0.2) is 57.2 Å². The molecule has 1 amide bonds. The number of rotatable bonds is 4. The Morgan fingerprint density at radius 1 is 1.24 bits per heavy atom. The van der Waals surface area contributed by atoms with E-state index in [1.165, 1.54) is 24.3 Å². The van der Waals surface area contributed by atoms with Crippen LogP contribution >= 0.6 is 15.9 Å². The van der Waals surface area contributed by atoms with Crippen molar-refractivity contribution in [3.8, 4) is 5.88 Å². The molecule has 0 bridgehead atoms. The van der Waals surface area contributed by atoms with Crippen molar-refractivity contribution in [2.24, 2.45) is 10.2 Å². The molecule has 0 spiro atoms. The molecule has 1 aromatic heterocycles. The number of aromatic nitrogens is 1. The summed E-state index contributed by atoms with van der Waals surface area (Å²) in [7, 11) is 0. The minimum absolute atomic E-state index is 0.0473. The van der Waals surface area contributed by atoms with E-state index in [0.29, 0.717) is 16.5 Å². The molecule has 9 heteroatoms. The summed E-state index contributed by atoms with van der Waals surface area (Å²) < 4.78 is 0.799. The number of aromatic hydroxyl groups is 1. The number of nitro groups is 1. The Hall–Kier alpha value is -3.07. The molecule has 0 aliphatic carbocycles. The number of benzene rings is 2. The minimum Gasteiger partial charge on any atom is -0.493 e. The van der Waals surface area contributed by atoms with Gasteiger partial charge in [0.25, 0.3) is 11.6 Å². The Morgan fingerprint density at radius 2 is 1.96 bits per heavy atom. The minimum atomic E-state index is -0.530. The average Bonchev–Trinajstić information content (AvgIpc) is 2.88. The van der Waals surface area contributed by atoms with Crippen molar-refractivity contribution >= 4 is 44.1 Å². The van der Waals surface area contributed by atoms with Gasteiger partial charge in [-0.1, -0.05) is 28.1 Å². The third kappa shape index (κ3) is 3.72. The molecule has 0 aliphatic rings. The van der Waals surface area contributed by atoms with Crippen molar-refractivity contribution in [3.05, 3.63) is 62.6 Å². The molecule has 8 nitrogen and oxygen atoms in total. The number of nitrogens with one attached hydrogen (secondary N) is 1. The number of hydrogen-bond acceptors (Lipinski definition) is 5. The van der Waals surface area contributed by atoms with E-state index in [2.05, 4.69) is 31.1 Å². The number of fused-ring (bicyclic) bond motifs is 1. The number of H-pyrrole nitrogens is 1. The standard InChI is InChI=1S/C16H11BrN4O4/c17-10-3-6-13-12(8-10)15(16(23)18-13)20-19-14(22)7-9-1-4-11(5-2-9)21(24)25/h1-6,8,18,23H,7H2. The first-order valence-electron chi connectivity index (χ1n) is 7.12. The van der Waals surface area contributed by atoms with Crippen LogP contribution in [0.3, 0.4) is 0 Å². The van der Waals surface area contributed by atoms with Gasteiger partial charge in [-0.15, -0.1) is 10.2 Å². The first kappa shape index (κ1) is 16.8. The second kappa shape index (κ2) is 6.81. The molecule has 0 radical (unpaired) electrons. The van der Waals surface area contributed by atoms with E-state index in [-0.39, 0.29) is 23.7 Å². The molecule has 1 heterocycles. The number of azo groups is 1. The van der Waals surface area contributed by atoms with Crippen molar-refractivity contribution in [2.75, 3.05) is 0 Å². The highest BCUT2D eigenvalue weighted by Crippen LogP contribution is 2.36. The van der Waals surface area contributed by atoms with Crippen molar-refractivity contribution in [1.82, 2.24) is 4.98 Å². The van der Waals surface area contributed by atoms with E-state index < -0.39 is 10.8 Å². The van der Waals surface area contributed by atoms with Crippen molar-refractivity contribution < 1.29 is 14.8 Å². The zero-order chi connectivity index (χ0) is 18.0. The molecule has 3 rings (SSSR count). The SMILES string of the molecule is O=C(Cc1ccc([N+](=O)[O-])cc1)N=Nc1c(O)[nH]c2ccc(Br)cc12. The van der Waals surface area contributed by atoms with E-state index in [4.69, 9.17) is 0 Å². The van der Waals surface area contributed by atoms with Gasteiger partial charge in [0.15, 0.2) is 5.69 Å². The fraction of sp³-hybridized carbons (Fsp3) is 0.0625. The Kier molecular flexibility index (Phi) is 4.57. The predicted molar refractivity (Wildman–Crippen MR) is 94.0 cm³/mol. The number of carbonyl (C=O) groups is 1. The lowest BCUT2D eigenvalue weighted by molar-refractivity contribution is -0.384. The Labute approximate surface area is 149 Å². The molecule has 0 aliphatic heterocycles. The van der Waals surface area contributed by atoms with Crippen LogP contribution in [0.4, 0.5) is 11.4 Å². The highest BCUT2D eigenvalue weighted by Gasteiger charge is 2.12. The lowest BCUT2D eigenvalue weighted by Gasteiger charge is -1.97. The van der Waals surface area contributed by atoms with E-state index in [9.17, 15) is 20.0 Å². The zero-order valence-electron chi connectivity index (χ0n) is 12.6. The van der Waals surface area contributed by atoms with Gasteiger partial charge in [-0.3, -0.25) is 14.9 Å². The summed E-state index contributed by atoms with van der Waals surface area (Å²) in [6.07, 6.45) is -0.0473. The number of aromatic amines is 1. The largest absolute Gasteiger partial charge is 0.493 e. The molecule has 0 atom stereocenters. The maximum absolute atomic E-state index is 11.9. The average molecular weight is 403 g/mol. The number of non-ortho nitro benzene ring substituents is 1. The van der Waals surface area contributed by atoms with Gasteiger partial charge < -0.3 is 10.1 Å². The predicted octanol–water partition coefficient (Wildman–Crippen LogP) is 4.40. The lowest BCUT2D eigenvalue weighted by Crippen LogP contribution is -1.98. The summed E-state index contributed by atoms with van der Waals surface area (Å²) in [6.45, 7) is 0. The number of nitrogens with zero attached hydrogens (tertiary/aromatic N) is 3. The molecule has 3 aromatic rings. The Balaban J connectivity index is 1.77. The van der Waals surface area contributed by atoms with Gasteiger partial charge in [0.1, 0.15) is 0 Å². The quantitative estimate of drug-likeness (QED) is 0.381. The second-order valence-electron chi connectivity index (χ2n) is 5.21. The third-order valence-electron chi connectivity index (χ3n) is 3.48. The molecular weight excluding hydrogens is 392 g/mol. The monoisotopic (exact) mass is 402 g/mol. The van der Waals surface area contributed by atoms with Crippen LogP contribution in [-0.4, -0.2) is 20.9 Å². The van der Waals surface area contributed by atoms with Gasteiger partial charge in [-0.2, -0.15) is 0 Å². The summed E-state index contributed by atoms with van der Waals surface area (Å²) in [6, 6.07) is 10.9. The molecule has 0 saturated carbocycles. The van der Waals surface area contributed by atoms with Crippen LogP contribution in [0, 0.1) is 10.1 Å². The van der Waals surface area contributed by atoms with Gasteiger partial charge in [0, 0.05) is 22.0 Å². The van der Waals surface area contributed by atoms with Gasteiger partial charge in [0.05, 0.1) is 16.9 Å². The number of hydrogen-bond donors (Lipinski definition) is 2. The second-order valence-corrected chi connectivity index (χ2v) is 6.12. The molecule has 2 N–H and O–H groups in total. The van der Waals surface area contributed by atoms with Crippen LogP contribution in [0.1, 0.15) is 5.56 Å². The van der Waals surface area contributed by atoms with Crippen LogP contribution in [0.5, 0.6) is 5.88 Å². The van der Waals surface area contributed by atoms with Crippen LogP contribution in [0.2, 0.25) is 0 Å². The fourth-order valence-corrected chi connectivity index (χ4v) is 2.65. The molecule has 0 unspecified atom stereocenters. The van der Waals surface area contributed by atoms with Crippen LogP contribution < -0.4 is 0 Å². The van der Waals surface area contributed by atoms with Gasteiger partial charge in [-0.25, -0.2) is 0 Å². The fourth-order valence-electron chi connectivity index (χ4n) is 2.29. The lowest BCUT2D eigenvalue weighted by atomic mass is 10.1. The Bertz CT molecular complexity index is 995. The summed E-state index contributed by atoms with van der Waals surface area (Å²) in [5.41, 5.74) is 1.37. The molecule has 126 valence electrons.